The number of amides is 3. The molecule has 120 valence electrons. The van der Waals surface area contributed by atoms with Gasteiger partial charge in [0.25, 0.3) is 0 Å². The molecule has 1 saturated heterocycles. The molecular weight excluding hydrogens is 282 g/mol. The summed E-state index contributed by atoms with van der Waals surface area (Å²) in [5, 5.41) is 2.92. The van der Waals surface area contributed by atoms with E-state index < -0.39 is 0 Å². The van der Waals surface area contributed by atoms with E-state index >= 15 is 0 Å². The molecule has 0 saturated carbocycles. The Kier molecular flexibility index (Phi) is 6.06. The summed E-state index contributed by atoms with van der Waals surface area (Å²) in [5.41, 5.74) is 1.20. The van der Waals surface area contributed by atoms with E-state index in [1.807, 2.05) is 30.3 Å². The summed E-state index contributed by atoms with van der Waals surface area (Å²) >= 11 is 0. The summed E-state index contributed by atoms with van der Waals surface area (Å²) in [4.78, 5) is 27.0. The maximum atomic E-state index is 12.1. The van der Waals surface area contributed by atoms with Gasteiger partial charge in [0.2, 0.25) is 0 Å². The van der Waals surface area contributed by atoms with Gasteiger partial charge in [-0.05, 0) is 18.9 Å². The van der Waals surface area contributed by atoms with Crippen LogP contribution in [-0.4, -0.2) is 61.3 Å². The summed E-state index contributed by atoms with van der Waals surface area (Å²) in [6.45, 7) is 4.89. The molecule has 1 aromatic carbocycles. The third kappa shape index (κ3) is 4.65. The highest BCUT2D eigenvalue weighted by atomic mass is 16.6. The first-order chi connectivity index (χ1) is 10.7. The number of carbonyl (C=O) groups excluding carboxylic acids is 2. The summed E-state index contributed by atoms with van der Waals surface area (Å²) in [6, 6.07) is 9.98. The van der Waals surface area contributed by atoms with Crippen LogP contribution in [0.3, 0.4) is 0 Å². The lowest BCUT2D eigenvalue weighted by Crippen LogP contribution is -2.53. The molecule has 0 aliphatic carbocycles. The van der Waals surface area contributed by atoms with E-state index in [0.29, 0.717) is 39.3 Å². The Morgan fingerprint density at radius 2 is 1.73 bits per heavy atom. The molecule has 6 nitrogen and oxygen atoms in total. The summed E-state index contributed by atoms with van der Waals surface area (Å²) in [7, 11) is 0. The van der Waals surface area contributed by atoms with Crippen molar-refractivity contribution in [3.8, 4) is 0 Å². The molecule has 22 heavy (non-hydrogen) atoms. The molecule has 2 rings (SSSR count). The van der Waals surface area contributed by atoms with Crippen molar-refractivity contribution < 1.29 is 14.3 Å². The first-order valence-corrected chi connectivity index (χ1v) is 7.69. The van der Waals surface area contributed by atoms with E-state index in [1.54, 1.807) is 16.7 Å². The minimum Gasteiger partial charge on any atom is -0.450 e. The van der Waals surface area contributed by atoms with E-state index in [2.05, 4.69) is 5.32 Å². The normalized spacial score (nSPS) is 14.6. The zero-order valence-electron chi connectivity index (χ0n) is 13.0. The van der Waals surface area contributed by atoms with Gasteiger partial charge >= 0.3 is 12.1 Å². The lowest BCUT2D eigenvalue weighted by atomic mass is 10.1. The second kappa shape index (κ2) is 8.26. The molecule has 6 heteroatoms. The number of benzene rings is 1. The van der Waals surface area contributed by atoms with Crippen LogP contribution in [0.5, 0.6) is 0 Å². The minimum absolute atomic E-state index is 0.0700. The molecule has 0 radical (unpaired) electrons. The average Bonchev–Trinajstić information content (AvgIpc) is 2.56. The van der Waals surface area contributed by atoms with Crippen molar-refractivity contribution in [3.05, 3.63) is 35.9 Å². The number of piperazine rings is 1. The molecule has 1 aromatic rings. The summed E-state index contributed by atoms with van der Waals surface area (Å²) in [5.74, 6) is 0. The molecule has 1 fully saturated rings. The molecule has 0 bridgehead atoms. The smallest absolute Gasteiger partial charge is 0.409 e. The van der Waals surface area contributed by atoms with Gasteiger partial charge in [0, 0.05) is 32.7 Å². The number of nitrogens with zero attached hydrogens (tertiary/aromatic N) is 2. The second-order valence-corrected chi connectivity index (χ2v) is 5.14. The molecule has 0 atom stereocenters. The lowest BCUT2D eigenvalue weighted by Gasteiger charge is -2.34. The fourth-order valence-electron chi connectivity index (χ4n) is 2.38. The van der Waals surface area contributed by atoms with Crippen molar-refractivity contribution in [1.29, 1.82) is 0 Å². The van der Waals surface area contributed by atoms with Crippen LogP contribution in [0, 0.1) is 0 Å². The van der Waals surface area contributed by atoms with E-state index in [-0.39, 0.29) is 12.1 Å². The Bertz CT molecular complexity index is 485. The quantitative estimate of drug-likeness (QED) is 0.921. The van der Waals surface area contributed by atoms with Crippen LogP contribution < -0.4 is 5.32 Å². The Balaban J connectivity index is 1.68. The van der Waals surface area contributed by atoms with E-state index in [9.17, 15) is 9.59 Å². The second-order valence-electron chi connectivity index (χ2n) is 5.14. The largest absolute Gasteiger partial charge is 0.450 e. The number of rotatable bonds is 4. The molecule has 1 aliphatic heterocycles. The Hall–Kier alpha value is -2.24. The molecule has 0 spiro atoms. The fourth-order valence-corrected chi connectivity index (χ4v) is 2.38. The third-order valence-electron chi connectivity index (χ3n) is 3.63. The van der Waals surface area contributed by atoms with Crippen molar-refractivity contribution in [2.24, 2.45) is 0 Å². The number of carbonyl (C=O) groups is 2. The van der Waals surface area contributed by atoms with Crippen molar-refractivity contribution in [3.63, 3.8) is 0 Å². The molecule has 3 amide bonds. The van der Waals surface area contributed by atoms with Crippen LogP contribution in [0.2, 0.25) is 0 Å². The number of hydrogen-bond acceptors (Lipinski definition) is 3. The van der Waals surface area contributed by atoms with Crippen molar-refractivity contribution in [2.75, 3.05) is 39.3 Å². The van der Waals surface area contributed by atoms with Gasteiger partial charge in [-0.3, -0.25) is 0 Å². The number of hydrogen-bond donors (Lipinski definition) is 1. The van der Waals surface area contributed by atoms with Crippen LogP contribution in [0.25, 0.3) is 0 Å². The maximum Gasteiger partial charge on any atom is 0.409 e. The van der Waals surface area contributed by atoms with Gasteiger partial charge in [-0.25, -0.2) is 9.59 Å². The van der Waals surface area contributed by atoms with Gasteiger partial charge in [-0.1, -0.05) is 30.3 Å². The zero-order valence-corrected chi connectivity index (χ0v) is 13.0. The van der Waals surface area contributed by atoms with E-state index in [1.165, 1.54) is 5.56 Å². The van der Waals surface area contributed by atoms with Gasteiger partial charge in [0.15, 0.2) is 0 Å². The van der Waals surface area contributed by atoms with E-state index in [0.717, 1.165) is 6.42 Å². The molecule has 1 heterocycles. The van der Waals surface area contributed by atoms with Gasteiger partial charge in [0.05, 0.1) is 6.61 Å². The first kappa shape index (κ1) is 16.1. The highest BCUT2D eigenvalue weighted by Gasteiger charge is 2.24. The van der Waals surface area contributed by atoms with Crippen LogP contribution in [0.15, 0.2) is 30.3 Å². The highest BCUT2D eigenvalue weighted by molar-refractivity contribution is 5.75. The van der Waals surface area contributed by atoms with Crippen LogP contribution in [0.4, 0.5) is 9.59 Å². The van der Waals surface area contributed by atoms with Crippen LogP contribution in [0.1, 0.15) is 12.5 Å². The monoisotopic (exact) mass is 305 g/mol. The Morgan fingerprint density at radius 3 is 2.36 bits per heavy atom. The predicted octanol–water partition coefficient (Wildman–Crippen LogP) is 1.71. The zero-order chi connectivity index (χ0) is 15.8. The third-order valence-corrected chi connectivity index (χ3v) is 3.63. The van der Waals surface area contributed by atoms with Gasteiger partial charge < -0.3 is 19.9 Å². The van der Waals surface area contributed by atoms with Crippen molar-refractivity contribution in [2.45, 2.75) is 13.3 Å². The van der Waals surface area contributed by atoms with E-state index in [4.69, 9.17) is 4.74 Å². The predicted molar refractivity (Wildman–Crippen MR) is 83.7 cm³/mol. The molecule has 1 N–H and O–H groups in total. The first-order valence-electron chi connectivity index (χ1n) is 7.69. The number of nitrogens with one attached hydrogen (secondary N) is 1. The SMILES string of the molecule is CCOC(=O)N1CCN(C(=O)NCCc2ccccc2)CC1. The van der Waals surface area contributed by atoms with Gasteiger partial charge in [-0.15, -0.1) is 0 Å². The van der Waals surface area contributed by atoms with Gasteiger partial charge in [-0.2, -0.15) is 0 Å². The molecule has 0 unspecified atom stereocenters. The molecule has 1 aliphatic rings. The Morgan fingerprint density at radius 1 is 1.09 bits per heavy atom. The Labute approximate surface area is 131 Å². The maximum absolute atomic E-state index is 12.1. The number of ether oxygens (including phenoxy) is 1. The highest BCUT2D eigenvalue weighted by Crippen LogP contribution is 2.04. The van der Waals surface area contributed by atoms with Crippen LogP contribution >= 0.6 is 0 Å². The molecular formula is C16H23N3O3. The summed E-state index contributed by atoms with van der Waals surface area (Å²) in [6.07, 6.45) is 0.515. The van der Waals surface area contributed by atoms with Crippen LogP contribution in [-0.2, 0) is 11.2 Å². The topological polar surface area (TPSA) is 61.9 Å². The fraction of sp³-hybridized carbons (Fsp3) is 0.500. The lowest BCUT2D eigenvalue weighted by molar-refractivity contribution is 0.0852. The van der Waals surface area contributed by atoms with Crippen molar-refractivity contribution >= 4 is 12.1 Å². The number of urea groups is 1. The molecule has 0 aromatic heterocycles. The minimum atomic E-state index is -0.299. The standard InChI is InChI=1S/C16H23N3O3/c1-2-22-16(21)19-12-10-18(11-13-19)15(20)17-9-8-14-6-4-3-5-7-14/h3-7H,2,8-13H2,1H3,(H,17,20). The summed E-state index contributed by atoms with van der Waals surface area (Å²) < 4.78 is 4.96. The van der Waals surface area contributed by atoms with Crippen molar-refractivity contribution in [1.82, 2.24) is 15.1 Å². The van der Waals surface area contributed by atoms with Gasteiger partial charge in [0.1, 0.15) is 0 Å². The average molecular weight is 305 g/mol.